The van der Waals surface area contributed by atoms with E-state index >= 15 is 0 Å². The molecule has 4 heteroatoms. The van der Waals surface area contributed by atoms with Gasteiger partial charge in [0.2, 0.25) is 5.91 Å². The molecule has 1 rings (SSSR count). The maximum atomic E-state index is 12.0. The summed E-state index contributed by atoms with van der Waals surface area (Å²) in [5, 5.41) is 9.77. The number of aliphatic hydroxyl groups is 1. The number of halogens is 1. The second-order valence-electron chi connectivity index (χ2n) is 5.02. The van der Waals surface area contributed by atoms with Crippen molar-refractivity contribution in [2.24, 2.45) is 0 Å². The van der Waals surface area contributed by atoms with Crippen LogP contribution in [0.1, 0.15) is 26.3 Å². The predicted octanol–water partition coefficient (Wildman–Crippen LogP) is 3.08. The van der Waals surface area contributed by atoms with Crippen molar-refractivity contribution in [1.29, 1.82) is 0 Å². The lowest BCUT2D eigenvalue weighted by Crippen LogP contribution is -2.41. The molecule has 0 spiro atoms. The summed E-state index contributed by atoms with van der Waals surface area (Å²) in [6.45, 7) is 6.18. The van der Waals surface area contributed by atoms with E-state index in [1.54, 1.807) is 24.8 Å². The number of rotatable bonds is 5. The Morgan fingerprint density at radius 2 is 2.05 bits per heavy atom. The van der Waals surface area contributed by atoms with Crippen molar-refractivity contribution >= 4 is 27.9 Å². The average Bonchev–Trinajstić information content (AvgIpc) is 2.33. The van der Waals surface area contributed by atoms with Crippen molar-refractivity contribution < 1.29 is 9.90 Å². The first-order valence-corrected chi connectivity index (χ1v) is 7.06. The number of hydrogen-bond acceptors (Lipinski definition) is 2. The largest absolute Gasteiger partial charge is 0.389 e. The highest BCUT2D eigenvalue weighted by molar-refractivity contribution is 9.10. The minimum atomic E-state index is -0.882. The molecule has 0 saturated heterocycles. The van der Waals surface area contributed by atoms with Gasteiger partial charge in [-0.2, -0.15) is 0 Å². The third-order valence-corrected chi connectivity index (χ3v) is 3.30. The number of nitrogens with zero attached hydrogens (tertiary/aromatic N) is 1. The molecule has 0 fully saturated rings. The van der Waals surface area contributed by atoms with Gasteiger partial charge in [-0.05, 0) is 38.5 Å². The van der Waals surface area contributed by atoms with Crippen LogP contribution in [0.4, 0.5) is 0 Å². The quantitative estimate of drug-likeness (QED) is 0.845. The first-order chi connectivity index (χ1) is 8.83. The smallest absolute Gasteiger partial charge is 0.246 e. The first-order valence-electron chi connectivity index (χ1n) is 6.27. The zero-order valence-electron chi connectivity index (χ0n) is 11.6. The molecule has 0 saturated carbocycles. The second kappa shape index (κ2) is 6.87. The Kier molecular flexibility index (Phi) is 5.76. The Morgan fingerprint density at radius 1 is 1.42 bits per heavy atom. The van der Waals surface area contributed by atoms with Crippen LogP contribution in [-0.4, -0.2) is 34.6 Å². The SMILES string of the molecule is CCN(CC(C)(C)O)C(=O)C=Cc1ccccc1Br. The number of hydrogen-bond donors (Lipinski definition) is 1. The van der Waals surface area contributed by atoms with Crippen molar-refractivity contribution in [2.75, 3.05) is 13.1 Å². The van der Waals surface area contributed by atoms with Crippen LogP contribution in [0.2, 0.25) is 0 Å². The fraction of sp³-hybridized carbons (Fsp3) is 0.400. The average molecular weight is 326 g/mol. The van der Waals surface area contributed by atoms with E-state index in [9.17, 15) is 9.90 Å². The summed E-state index contributed by atoms with van der Waals surface area (Å²) in [5.74, 6) is -0.0969. The Bertz CT molecular complexity index is 463. The molecule has 1 aromatic rings. The molecule has 0 heterocycles. The summed E-state index contributed by atoms with van der Waals surface area (Å²) >= 11 is 3.43. The molecule has 0 atom stereocenters. The molecule has 3 nitrogen and oxygen atoms in total. The number of amides is 1. The van der Waals surface area contributed by atoms with Crippen molar-refractivity contribution in [3.05, 3.63) is 40.4 Å². The normalized spacial score (nSPS) is 11.8. The van der Waals surface area contributed by atoms with Crippen LogP contribution in [0.15, 0.2) is 34.8 Å². The first kappa shape index (κ1) is 15.9. The summed E-state index contributed by atoms with van der Waals surface area (Å²) in [7, 11) is 0. The monoisotopic (exact) mass is 325 g/mol. The van der Waals surface area contributed by atoms with Crippen LogP contribution in [0.25, 0.3) is 6.08 Å². The molecule has 0 bridgehead atoms. The third kappa shape index (κ3) is 5.57. The van der Waals surface area contributed by atoms with E-state index in [4.69, 9.17) is 0 Å². The van der Waals surface area contributed by atoms with E-state index in [2.05, 4.69) is 15.9 Å². The molecule has 0 unspecified atom stereocenters. The van der Waals surface area contributed by atoms with Gasteiger partial charge in [0.25, 0.3) is 0 Å². The van der Waals surface area contributed by atoms with E-state index in [1.807, 2.05) is 31.2 Å². The lowest BCUT2D eigenvalue weighted by atomic mass is 10.1. The second-order valence-corrected chi connectivity index (χ2v) is 5.87. The molecule has 104 valence electrons. The van der Waals surface area contributed by atoms with Crippen molar-refractivity contribution in [3.8, 4) is 0 Å². The number of likely N-dealkylation sites (N-methyl/N-ethyl adjacent to an activating group) is 1. The third-order valence-electron chi connectivity index (χ3n) is 2.58. The van der Waals surface area contributed by atoms with E-state index < -0.39 is 5.60 Å². The molecule has 1 N–H and O–H groups in total. The maximum absolute atomic E-state index is 12.0. The minimum absolute atomic E-state index is 0.0969. The highest BCUT2D eigenvalue weighted by Crippen LogP contribution is 2.17. The van der Waals surface area contributed by atoms with Gasteiger partial charge in [0, 0.05) is 23.6 Å². The van der Waals surface area contributed by atoms with Crippen molar-refractivity contribution in [1.82, 2.24) is 4.90 Å². The fourth-order valence-corrected chi connectivity index (χ4v) is 2.11. The Hall–Kier alpha value is -1.13. The Balaban J connectivity index is 2.75. The summed E-state index contributed by atoms with van der Waals surface area (Å²) in [5.41, 5.74) is 0.0718. The van der Waals surface area contributed by atoms with Crippen LogP contribution >= 0.6 is 15.9 Å². The summed E-state index contributed by atoms with van der Waals surface area (Å²) < 4.78 is 0.949. The minimum Gasteiger partial charge on any atom is -0.389 e. The molecule has 0 aromatic heterocycles. The van der Waals surface area contributed by atoms with Crippen molar-refractivity contribution in [2.45, 2.75) is 26.4 Å². The molecule has 0 aliphatic rings. The van der Waals surface area contributed by atoms with Crippen LogP contribution in [-0.2, 0) is 4.79 Å². The molecule has 0 radical (unpaired) electrons. The highest BCUT2D eigenvalue weighted by atomic mass is 79.9. The fourth-order valence-electron chi connectivity index (χ4n) is 1.69. The number of carbonyl (C=O) groups is 1. The van der Waals surface area contributed by atoms with Crippen LogP contribution in [0, 0.1) is 0 Å². The van der Waals surface area contributed by atoms with E-state index in [0.29, 0.717) is 13.1 Å². The lowest BCUT2D eigenvalue weighted by Gasteiger charge is -2.27. The Morgan fingerprint density at radius 3 is 2.58 bits per heavy atom. The van der Waals surface area contributed by atoms with Gasteiger partial charge >= 0.3 is 0 Å². The van der Waals surface area contributed by atoms with E-state index in [1.165, 1.54) is 6.08 Å². The summed E-state index contributed by atoms with van der Waals surface area (Å²) in [6.07, 6.45) is 3.31. The number of benzene rings is 1. The molecule has 1 amide bonds. The highest BCUT2D eigenvalue weighted by Gasteiger charge is 2.19. The zero-order valence-corrected chi connectivity index (χ0v) is 13.1. The molecular weight excluding hydrogens is 306 g/mol. The van der Waals surface area contributed by atoms with Gasteiger partial charge in [-0.25, -0.2) is 0 Å². The molecule has 19 heavy (non-hydrogen) atoms. The van der Waals surface area contributed by atoms with E-state index in [0.717, 1.165) is 10.0 Å². The topological polar surface area (TPSA) is 40.5 Å². The maximum Gasteiger partial charge on any atom is 0.246 e. The van der Waals surface area contributed by atoms with Crippen LogP contribution in [0.3, 0.4) is 0 Å². The lowest BCUT2D eigenvalue weighted by molar-refractivity contribution is -0.128. The summed E-state index contributed by atoms with van der Waals surface area (Å²) in [6, 6.07) is 7.71. The van der Waals surface area contributed by atoms with Gasteiger partial charge < -0.3 is 10.0 Å². The van der Waals surface area contributed by atoms with Gasteiger partial charge in [-0.1, -0.05) is 34.1 Å². The van der Waals surface area contributed by atoms with E-state index in [-0.39, 0.29) is 5.91 Å². The van der Waals surface area contributed by atoms with Gasteiger partial charge in [-0.15, -0.1) is 0 Å². The van der Waals surface area contributed by atoms with Gasteiger partial charge in [0.15, 0.2) is 0 Å². The van der Waals surface area contributed by atoms with Crippen molar-refractivity contribution in [3.63, 3.8) is 0 Å². The zero-order chi connectivity index (χ0) is 14.5. The van der Waals surface area contributed by atoms with Gasteiger partial charge in [0.1, 0.15) is 0 Å². The van der Waals surface area contributed by atoms with Crippen LogP contribution < -0.4 is 0 Å². The molecular formula is C15H20BrNO2. The predicted molar refractivity (Wildman–Crippen MR) is 81.7 cm³/mol. The Labute approximate surface area is 123 Å². The van der Waals surface area contributed by atoms with Crippen LogP contribution in [0.5, 0.6) is 0 Å². The van der Waals surface area contributed by atoms with Gasteiger partial charge in [-0.3, -0.25) is 4.79 Å². The molecule has 0 aliphatic heterocycles. The standard InChI is InChI=1S/C15H20BrNO2/c1-4-17(11-15(2,3)19)14(18)10-9-12-7-5-6-8-13(12)16/h5-10,19H,4,11H2,1-3H3. The van der Waals surface area contributed by atoms with Gasteiger partial charge in [0.05, 0.1) is 5.60 Å². The summed E-state index contributed by atoms with van der Waals surface area (Å²) in [4.78, 5) is 13.7. The number of carbonyl (C=O) groups excluding carboxylic acids is 1. The molecule has 1 aromatic carbocycles. The molecule has 0 aliphatic carbocycles.